The van der Waals surface area contributed by atoms with Crippen molar-refractivity contribution >= 4 is 18.3 Å². The molecule has 1 aromatic carbocycles. The molecule has 112 valence electrons. The standard InChI is InChI=1S/C16H24N2O.ClH/c1-2-15(14-9-5-3-6-10-14)16(19)17-13-18-11-7-4-8-12-18;/h3,5-6,9-10,15H,2,4,7-8,11-13H2,1H3,(H,17,19);1H. The Hall–Kier alpha value is -1.06. The van der Waals surface area contributed by atoms with E-state index in [1.54, 1.807) is 0 Å². The molecule has 0 aliphatic carbocycles. The zero-order chi connectivity index (χ0) is 13.5. The summed E-state index contributed by atoms with van der Waals surface area (Å²) < 4.78 is 0. The first-order chi connectivity index (χ1) is 9.31. The molecule has 1 heterocycles. The van der Waals surface area contributed by atoms with Crippen molar-refractivity contribution in [3.63, 3.8) is 0 Å². The van der Waals surface area contributed by atoms with E-state index in [4.69, 9.17) is 0 Å². The Balaban J connectivity index is 0.00000200. The Labute approximate surface area is 128 Å². The SMILES string of the molecule is CCC(C(=O)NCN1CCCCC1)c1ccccc1.Cl. The van der Waals surface area contributed by atoms with E-state index in [1.165, 1.54) is 19.3 Å². The van der Waals surface area contributed by atoms with E-state index in [0.29, 0.717) is 6.67 Å². The molecule has 1 aromatic rings. The number of nitrogens with zero attached hydrogens (tertiary/aromatic N) is 1. The Kier molecular flexibility index (Phi) is 7.63. The molecule has 1 N–H and O–H groups in total. The van der Waals surface area contributed by atoms with Gasteiger partial charge in [-0.1, -0.05) is 43.7 Å². The average Bonchev–Trinajstić information content (AvgIpc) is 2.48. The van der Waals surface area contributed by atoms with Crippen LogP contribution in [0.4, 0.5) is 0 Å². The maximum absolute atomic E-state index is 12.3. The van der Waals surface area contributed by atoms with E-state index in [2.05, 4.69) is 17.1 Å². The fourth-order valence-electron chi connectivity index (χ4n) is 2.69. The molecule has 0 aromatic heterocycles. The molecule has 0 bridgehead atoms. The van der Waals surface area contributed by atoms with Crippen LogP contribution in [0, 0.1) is 0 Å². The van der Waals surface area contributed by atoms with Crippen molar-refractivity contribution in [3.05, 3.63) is 35.9 Å². The number of carbonyl (C=O) groups is 1. The molecule has 4 heteroatoms. The van der Waals surface area contributed by atoms with E-state index in [1.807, 2.05) is 30.3 Å². The highest BCUT2D eigenvalue weighted by molar-refractivity contribution is 5.85. The van der Waals surface area contributed by atoms with Crippen molar-refractivity contribution in [2.24, 2.45) is 0 Å². The lowest BCUT2D eigenvalue weighted by atomic mass is 9.96. The number of piperidine rings is 1. The highest BCUT2D eigenvalue weighted by Gasteiger charge is 2.19. The molecule has 1 saturated heterocycles. The minimum absolute atomic E-state index is 0. The molecule has 0 saturated carbocycles. The van der Waals surface area contributed by atoms with E-state index < -0.39 is 0 Å². The fraction of sp³-hybridized carbons (Fsp3) is 0.562. The largest absolute Gasteiger partial charge is 0.343 e. The van der Waals surface area contributed by atoms with Gasteiger partial charge < -0.3 is 5.32 Å². The number of nitrogens with one attached hydrogen (secondary N) is 1. The Bertz CT molecular complexity index is 391. The fourth-order valence-corrected chi connectivity index (χ4v) is 2.69. The predicted molar refractivity (Wildman–Crippen MR) is 85.2 cm³/mol. The van der Waals surface area contributed by atoms with Crippen LogP contribution in [-0.4, -0.2) is 30.6 Å². The van der Waals surface area contributed by atoms with E-state index in [0.717, 1.165) is 25.1 Å². The maximum Gasteiger partial charge on any atom is 0.228 e. The summed E-state index contributed by atoms with van der Waals surface area (Å²) in [6.45, 7) is 4.99. The first-order valence-corrected chi connectivity index (χ1v) is 7.36. The van der Waals surface area contributed by atoms with Gasteiger partial charge in [-0.3, -0.25) is 9.69 Å². The van der Waals surface area contributed by atoms with Crippen LogP contribution in [0.1, 0.15) is 44.1 Å². The van der Waals surface area contributed by atoms with E-state index >= 15 is 0 Å². The van der Waals surface area contributed by atoms with Crippen LogP contribution in [0.15, 0.2) is 30.3 Å². The van der Waals surface area contributed by atoms with Crippen molar-refractivity contribution in [2.75, 3.05) is 19.8 Å². The van der Waals surface area contributed by atoms with Crippen LogP contribution in [0.5, 0.6) is 0 Å². The van der Waals surface area contributed by atoms with Gasteiger partial charge in [-0.2, -0.15) is 0 Å². The zero-order valence-electron chi connectivity index (χ0n) is 12.2. The van der Waals surface area contributed by atoms with Gasteiger partial charge >= 0.3 is 0 Å². The molecule has 20 heavy (non-hydrogen) atoms. The summed E-state index contributed by atoms with van der Waals surface area (Å²) in [7, 11) is 0. The van der Waals surface area contributed by atoms with Crippen LogP contribution >= 0.6 is 12.4 Å². The zero-order valence-corrected chi connectivity index (χ0v) is 13.0. The number of benzene rings is 1. The number of amides is 1. The van der Waals surface area contributed by atoms with Gasteiger partial charge in [0.05, 0.1) is 12.6 Å². The minimum Gasteiger partial charge on any atom is -0.343 e. The third-order valence-corrected chi connectivity index (χ3v) is 3.85. The van der Waals surface area contributed by atoms with Gasteiger partial charge in [0.1, 0.15) is 0 Å². The summed E-state index contributed by atoms with van der Waals surface area (Å²) in [4.78, 5) is 14.6. The molecular formula is C16H25ClN2O. The van der Waals surface area contributed by atoms with Crippen molar-refractivity contribution in [3.8, 4) is 0 Å². The second kappa shape index (κ2) is 8.98. The number of likely N-dealkylation sites (tertiary alicyclic amines) is 1. The molecular weight excluding hydrogens is 272 g/mol. The van der Waals surface area contributed by atoms with Gasteiger partial charge in [0, 0.05) is 0 Å². The van der Waals surface area contributed by atoms with Crippen molar-refractivity contribution in [1.29, 1.82) is 0 Å². The topological polar surface area (TPSA) is 32.3 Å². The highest BCUT2D eigenvalue weighted by atomic mass is 35.5. The number of hydrogen-bond acceptors (Lipinski definition) is 2. The molecule has 0 spiro atoms. The molecule has 1 fully saturated rings. The molecule has 0 radical (unpaired) electrons. The molecule has 2 rings (SSSR count). The first kappa shape index (κ1) is 17.0. The average molecular weight is 297 g/mol. The maximum atomic E-state index is 12.3. The predicted octanol–water partition coefficient (Wildman–Crippen LogP) is 3.16. The summed E-state index contributed by atoms with van der Waals surface area (Å²) in [5.41, 5.74) is 1.11. The van der Waals surface area contributed by atoms with Gasteiger partial charge in [-0.25, -0.2) is 0 Å². The van der Waals surface area contributed by atoms with Crippen molar-refractivity contribution in [1.82, 2.24) is 10.2 Å². The smallest absolute Gasteiger partial charge is 0.228 e. The van der Waals surface area contributed by atoms with Crippen molar-refractivity contribution in [2.45, 2.75) is 38.5 Å². The first-order valence-electron chi connectivity index (χ1n) is 7.36. The number of halogens is 1. The number of rotatable bonds is 5. The van der Waals surface area contributed by atoms with Crippen LogP contribution in [-0.2, 0) is 4.79 Å². The van der Waals surface area contributed by atoms with Gasteiger partial charge in [0.15, 0.2) is 0 Å². The molecule has 1 unspecified atom stereocenters. The minimum atomic E-state index is -0.0222. The van der Waals surface area contributed by atoms with Crippen LogP contribution < -0.4 is 5.32 Å². The lowest BCUT2D eigenvalue weighted by molar-refractivity contribution is -0.123. The molecule has 1 atom stereocenters. The Morgan fingerprint density at radius 2 is 1.85 bits per heavy atom. The third-order valence-electron chi connectivity index (χ3n) is 3.85. The summed E-state index contributed by atoms with van der Waals surface area (Å²) in [5, 5.41) is 3.09. The lowest BCUT2D eigenvalue weighted by Gasteiger charge is -2.27. The van der Waals surface area contributed by atoms with E-state index in [-0.39, 0.29) is 24.2 Å². The molecule has 1 aliphatic heterocycles. The summed E-state index contributed by atoms with van der Waals surface area (Å²) >= 11 is 0. The summed E-state index contributed by atoms with van der Waals surface area (Å²) in [6.07, 6.45) is 4.68. The number of hydrogen-bond donors (Lipinski definition) is 1. The normalized spacial score (nSPS) is 17.1. The highest BCUT2D eigenvalue weighted by Crippen LogP contribution is 2.19. The van der Waals surface area contributed by atoms with Crippen LogP contribution in [0.25, 0.3) is 0 Å². The summed E-state index contributed by atoms with van der Waals surface area (Å²) in [6, 6.07) is 10.1. The molecule has 1 amide bonds. The van der Waals surface area contributed by atoms with Gasteiger partial charge in [0.2, 0.25) is 5.91 Å². The van der Waals surface area contributed by atoms with Gasteiger partial charge in [0.25, 0.3) is 0 Å². The van der Waals surface area contributed by atoms with Crippen LogP contribution in [0.2, 0.25) is 0 Å². The van der Waals surface area contributed by atoms with Crippen LogP contribution in [0.3, 0.4) is 0 Å². The quantitative estimate of drug-likeness (QED) is 0.905. The molecule has 1 aliphatic rings. The van der Waals surface area contributed by atoms with Crippen molar-refractivity contribution < 1.29 is 4.79 Å². The Morgan fingerprint density at radius 3 is 2.45 bits per heavy atom. The van der Waals surface area contributed by atoms with E-state index in [9.17, 15) is 4.79 Å². The third kappa shape index (κ3) is 4.80. The van der Waals surface area contributed by atoms with Gasteiger partial charge in [-0.15, -0.1) is 12.4 Å². The summed E-state index contributed by atoms with van der Waals surface area (Å²) in [5.74, 6) is 0.130. The Morgan fingerprint density at radius 1 is 1.20 bits per heavy atom. The lowest BCUT2D eigenvalue weighted by Crippen LogP contribution is -2.41. The second-order valence-corrected chi connectivity index (χ2v) is 5.25. The second-order valence-electron chi connectivity index (χ2n) is 5.25. The molecule has 3 nitrogen and oxygen atoms in total. The number of carbonyl (C=O) groups excluding carboxylic acids is 1. The van der Waals surface area contributed by atoms with Gasteiger partial charge in [-0.05, 0) is 37.9 Å². The monoisotopic (exact) mass is 296 g/mol.